The molecule has 0 atom stereocenters. The van der Waals surface area contributed by atoms with E-state index in [1.807, 2.05) is 5.38 Å². The number of thiazole rings is 1. The molecule has 1 aliphatic rings. The van der Waals surface area contributed by atoms with E-state index in [9.17, 15) is 25.0 Å². The van der Waals surface area contributed by atoms with Gasteiger partial charge in [-0.05, 0) is 6.92 Å². The molecular formula is C18H21N5O6S. The summed E-state index contributed by atoms with van der Waals surface area (Å²) in [6.07, 6.45) is 0. The minimum atomic E-state index is -0.748. The van der Waals surface area contributed by atoms with E-state index >= 15 is 0 Å². The molecule has 1 aliphatic heterocycles. The molecule has 1 fully saturated rings. The second-order valence-corrected chi connectivity index (χ2v) is 7.88. The van der Waals surface area contributed by atoms with E-state index in [0.29, 0.717) is 25.5 Å². The van der Waals surface area contributed by atoms with E-state index in [4.69, 9.17) is 4.74 Å². The summed E-state index contributed by atoms with van der Waals surface area (Å²) in [5.74, 6) is -0.540. The van der Waals surface area contributed by atoms with Gasteiger partial charge in [-0.25, -0.2) is 4.98 Å². The highest BCUT2D eigenvalue weighted by atomic mass is 32.1. The maximum absolute atomic E-state index is 12.9. The van der Waals surface area contributed by atoms with E-state index in [2.05, 4.69) is 9.88 Å². The fourth-order valence-corrected chi connectivity index (χ4v) is 3.99. The van der Waals surface area contributed by atoms with Gasteiger partial charge in [0.05, 0.1) is 53.5 Å². The van der Waals surface area contributed by atoms with Gasteiger partial charge in [0.25, 0.3) is 17.3 Å². The van der Waals surface area contributed by atoms with Crippen molar-refractivity contribution in [3.05, 3.63) is 59.6 Å². The number of non-ortho nitro benzene ring substituents is 1. The number of amides is 1. The first kappa shape index (κ1) is 21.7. The molecule has 11 nitrogen and oxygen atoms in total. The van der Waals surface area contributed by atoms with Crippen LogP contribution in [0.5, 0.6) is 0 Å². The fraction of sp³-hybridized carbons (Fsp3) is 0.444. The summed E-state index contributed by atoms with van der Waals surface area (Å²) in [5, 5.41) is 25.2. The van der Waals surface area contributed by atoms with Gasteiger partial charge in [-0.2, -0.15) is 0 Å². The second kappa shape index (κ2) is 9.24. The van der Waals surface area contributed by atoms with Crippen LogP contribution in [0.15, 0.2) is 17.5 Å². The van der Waals surface area contributed by atoms with Crippen molar-refractivity contribution < 1.29 is 19.4 Å². The number of benzene rings is 1. The molecule has 0 N–H and O–H groups in total. The number of nitrogens with zero attached hydrogens (tertiary/aromatic N) is 5. The lowest BCUT2D eigenvalue weighted by Gasteiger charge is -2.25. The van der Waals surface area contributed by atoms with E-state index in [1.165, 1.54) is 30.2 Å². The number of aromatic nitrogens is 1. The maximum Gasteiger partial charge on any atom is 0.279 e. The Balaban J connectivity index is 1.74. The van der Waals surface area contributed by atoms with Gasteiger partial charge < -0.3 is 9.64 Å². The number of carbonyl (C=O) groups is 1. The maximum atomic E-state index is 12.9. The first-order chi connectivity index (χ1) is 14.3. The van der Waals surface area contributed by atoms with Crippen LogP contribution >= 0.6 is 11.3 Å². The Kier molecular flexibility index (Phi) is 6.70. The zero-order valence-corrected chi connectivity index (χ0v) is 17.4. The Morgan fingerprint density at radius 3 is 2.60 bits per heavy atom. The largest absolute Gasteiger partial charge is 0.379 e. The lowest BCUT2D eigenvalue weighted by atomic mass is 10.0. The predicted molar refractivity (Wildman–Crippen MR) is 108 cm³/mol. The number of morpholine rings is 1. The summed E-state index contributed by atoms with van der Waals surface area (Å²) in [5.41, 5.74) is -0.236. The quantitative estimate of drug-likeness (QED) is 0.478. The van der Waals surface area contributed by atoms with E-state index in [0.717, 1.165) is 30.2 Å². The van der Waals surface area contributed by atoms with Crippen LogP contribution in [0, 0.1) is 27.2 Å². The molecule has 30 heavy (non-hydrogen) atoms. The lowest BCUT2D eigenvalue weighted by molar-refractivity contribution is -0.394. The van der Waals surface area contributed by atoms with Gasteiger partial charge in [-0.1, -0.05) is 0 Å². The van der Waals surface area contributed by atoms with Crippen LogP contribution in [0.4, 0.5) is 11.4 Å². The molecule has 0 aliphatic carbocycles. The third-order valence-electron chi connectivity index (χ3n) is 4.81. The molecule has 1 aromatic heterocycles. The average Bonchev–Trinajstić information content (AvgIpc) is 3.14. The van der Waals surface area contributed by atoms with Crippen molar-refractivity contribution in [3.63, 3.8) is 0 Å². The standard InChI is InChI=1S/C18H21N5O6S/c1-12-15(7-14(22(25)26)8-16(12)23(27)28)18(24)20(2)9-13-11-30-17(19-13)10-21-3-5-29-6-4-21/h7-8,11H,3-6,9-10H2,1-2H3. The molecule has 3 rings (SSSR count). The Morgan fingerprint density at radius 2 is 1.97 bits per heavy atom. The number of carbonyl (C=O) groups excluding carboxylic acids is 1. The number of hydrogen-bond donors (Lipinski definition) is 0. The smallest absolute Gasteiger partial charge is 0.279 e. The van der Waals surface area contributed by atoms with Gasteiger partial charge in [-0.15, -0.1) is 11.3 Å². The highest BCUT2D eigenvalue weighted by molar-refractivity contribution is 7.09. The van der Waals surface area contributed by atoms with Gasteiger partial charge in [0, 0.05) is 37.1 Å². The van der Waals surface area contributed by atoms with Gasteiger partial charge in [0.1, 0.15) is 5.01 Å². The number of nitro benzene ring substituents is 2. The third-order valence-corrected chi connectivity index (χ3v) is 5.69. The van der Waals surface area contributed by atoms with Gasteiger partial charge in [0.15, 0.2) is 0 Å². The summed E-state index contributed by atoms with van der Waals surface area (Å²) >= 11 is 1.50. The fourth-order valence-electron chi connectivity index (χ4n) is 3.17. The lowest BCUT2D eigenvalue weighted by Crippen LogP contribution is -2.35. The Hall–Kier alpha value is -2.96. The van der Waals surface area contributed by atoms with E-state index < -0.39 is 27.1 Å². The van der Waals surface area contributed by atoms with Crippen LogP contribution in [-0.2, 0) is 17.8 Å². The van der Waals surface area contributed by atoms with Crippen molar-refractivity contribution >= 4 is 28.6 Å². The van der Waals surface area contributed by atoms with Crippen LogP contribution in [0.2, 0.25) is 0 Å². The molecule has 1 amide bonds. The molecule has 0 bridgehead atoms. The topological polar surface area (TPSA) is 132 Å². The second-order valence-electron chi connectivity index (χ2n) is 6.93. The summed E-state index contributed by atoms with van der Waals surface area (Å²) in [7, 11) is 1.54. The molecule has 12 heteroatoms. The van der Waals surface area contributed by atoms with Gasteiger partial charge in [0.2, 0.25) is 0 Å². The normalized spacial score (nSPS) is 14.5. The molecule has 0 spiro atoms. The predicted octanol–water partition coefficient (Wildman–Crippen LogP) is 2.37. The summed E-state index contributed by atoms with van der Waals surface area (Å²) < 4.78 is 5.33. The van der Waals surface area contributed by atoms with Crippen molar-refractivity contribution in [2.75, 3.05) is 33.4 Å². The minimum Gasteiger partial charge on any atom is -0.379 e. The van der Waals surface area contributed by atoms with Crippen molar-refractivity contribution in [2.45, 2.75) is 20.0 Å². The number of rotatable bonds is 7. The molecular weight excluding hydrogens is 414 g/mol. The number of ether oxygens (including phenoxy) is 1. The summed E-state index contributed by atoms with van der Waals surface area (Å²) in [6, 6.07) is 1.94. The molecule has 0 radical (unpaired) electrons. The van der Waals surface area contributed by atoms with Crippen molar-refractivity contribution in [2.24, 2.45) is 0 Å². The number of nitro groups is 2. The third kappa shape index (κ3) is 4.96. The average molecular weight is 435 g/mol. The van der Waals surface area contributed by atoms with Gasteiger partial charge in [-0.3, -0.25) is 29.9 Å². The Morgan fingerprint density at radius 1 is 1.27 bits per heavy atom. The molecule has 2 aromatic rings. The Labute approximate surface area is 176 Å². The molecule has 160 valence electrons. The van der Waals surface area contributed by atoms with Crippen molar-refractivity contribution in [1.82, 2.24) is 14.8 Å². The highest BCUT2D eigenvalue weighted by Crippen LogP contribution is 2.29. The van der Waals surface area contributed by atoms with Crippen LogP contribution in [-0.4, -0.2) is 63.9 Å². The van der Waals surface area contributed by atoms with E-state index in [1.54, 1.807) is 0 Å². The molecule has 0 unspecified atom stereocenters. The van der Waals surface area contributed by atoms with Gasteiger partial charge >= 0.3 is 0 Å². The molecule has 1 saturated heterocycles. The van der Waals surface area contributed by atoms with E-state index in [-0.39, 0.29) is 17.7 Å². The summed E-state index contributed by atoms with van der Waals surface area (Å²) in [6.45, 7) is 5.40. The molecule has 0 saturated carbocycles. The zero-order valence-electron chi connectivity index (χ0n) is 16.6. The van der Waals surface area contributed by atoms with Crippen LogP contribution < -0.4 is 0 Å². The Bertz CT molecular complexity index is 972. The van der Waals surface area contributed by atoms with Crippen LogP contribution in [0.3, 0.4) is 0 Å². The van der Waals surface area contributed by atoms with Crippen molar-refractivity contribution in [1.29, 1.82) is 0 Å². The minimum absolute atomic E-state index is 0.0674. The van der Waals surface area contributed by atoms with Crippen molar-refractivity contribution in [3.8, 4) is 0 Å². The molecule has 1 aromatic carbocycles. The zero-order chi connectivity index (χ0) is 21.8. The SMILES string of the molecule is Cc1c(C(=O)N(C)Cc2csc(CN3CCOCC3)n2)cc([N+](=O)[O-])cc1[N+](=O)[O-]. The first-order valence-corrected chi connectivity index (χ1v) is 10.1. The molecule has 2 heterocycles. The van der Waals surface area contributed by atoms with Crippen LogP contribution in [0.1, 0.15) is 26.6 Å². The first-order valence-electron chi connectivity index (χ1n) is 9.18. The highest BCUT2D eigenvalue weighted by Gasteiger charge is 2.26. The summed E-state index contributed by atoms with van der Waals surface area (Å²) in [4.78, 5) is 41.9. The number of hydrogen-bond acceptors (Lipinski definition) is 9. The monoisotopic (exact) mass is 435 g/mol. The van der Waals surface area contributed by atoms with Crippen LogP contribution in [0.25, 0.3) is 0 Å².